The molecule has 0 amide bonds. The molecular formula is C19H15Cl2NO2. The van der Waals surface area contributed by atoms with Crippen LogP contribution in [0.1, 0.15) is 5.56 Å². The van der Waals surface area contributed by atoms with Crippen LogP contribution < -0.4 is 15.2 Å². The number of nitrogens with two attached hydrogens (primary N) is 1. The van der Waals surface area contributed by atoms with Crippen LogP contribution in [0.25, 0.3) is 0 Å². The van der Waals surface area contributed by atoms with Gasteiger partial charge in [-0.1, -0.05) is 29.3 Å². The fourth-order valence-electron chi connectivity index (χ4n) is 2.13. The molecule has 3 aromatic rings. The molecule has 0 fully saturated rings. The summed E-state index contributed by atoms with van der Waals surface area (Å²) in [6, 6.07) is 19.8. The van der Waals surface area contributed by atoms with E-state index >= 15 is 0 Å². The van der Waals surface area contributed by atoms with E-state index in [-0.39, 0.29) is 0 Å². The maximum atomic E-state index is 5.91. The molecule has 122 valence electrons. The van der Waals surface area contributed by atoms with Gasteiger partial charge in [0, 0.05) is 28.2 Å². The normalized spacial score (nSPS) is 10.5. The van der Waals surface area contributed by atoms with Gasteiger partial charge in [0.05, 0.1) is 0 Å². The van der Waals surface area contributed by atoms with E-state index < -0.39 is 0 Å². The topological polar surface area (TPSA) is 44.5 Å². The zero-order valence-electron chi connectivity index (χ0n) is 12.7. The van der Waals surface area contributed by atoms with Crippen molar-refractivity contribution in [3.63, 3.8) is 0 Å². The lowest BCUT2D eigenvalue weighted by Crippen LogP contribution is -2.00. The maximum Gasteiger partial charge on any atom is 0.135 e. The lowest BCUT2D eigenvalue weighted by molar-refractivity contribution is 0.456. The highest BCUT2D eigenvalue weighted by Crippen LogP contribution is 2.32. The van der Waals surface area contributed by atoms with Gasteiger partial charge < -0.3 is 15.2 Å². The number of hydrogen-bond donors (Lipinski definition) is 1. The van der Waals surface area contributed by atoms with Crippen LogP contribution in [0.4, 0.5) is 0 Å². The minimum absolute atomic E-state index is 0.365. The molecule has 3 rings (SSSR count). The summed E-state index contributed by atoms with van der Waals surface area (Å²) in [4.78, 5) is 0. The first kappa shape index (κ1) is 16.7. The Bertz CT molecular complexity index is 818. The van der Waals surface area contributed by atoms with E-state index in [1.807, 2.05) is 18.2 Å². The highest BCUT2D eigenvalue weighted by atomic mass is 35.5. The Morgan fingerprint density at radius 1 is 0.667 bits per heavy atom. The lowest BCUT2D eigenvalue weighted by Gasteiger charge is -2.13. The molecule has 0 radical (unpaired) electrons. The van der Waals surface area contributed by atoms with Gasteiger partial charge in [-0.05, 0) is 54.6 Å². The van der Waals surface area contributed by atoms with E-state index in [0.717, 1.165) is 5.56 Å². The predicted molar refractivity (Wildman–Crippen MR) is 97.4 cm³/mol. The average Bonchev–Trinajstić information content (AvgIpc) is 2.59. The van der Waals surface area contributed by atoms with Crippen LogP contribution in [0.5, 0.6) is 23.0 Å². The van der Waals surface area contributed by atoms with Crippen LogP contribution in [0.15, 0.2) is 66.7 Å². The van der Waals surface area contributed by atoms with Gasteiger partial charge in [-0.3, -0.25) is 0 Å². The van der Waals surface area contributed by atoms with Crippen molar-refractivity contribution in [2.75, 3.05) is 0 Å². The van der Waals surface area contributed by atoms with E-state index in [0.29, 0.717) is 39.6 Å². The van der Waals surface area contributed by atoms with E-state index in [1.54, 1.807) is 48.5 Å². The largest absolute Gasteiger partial charge is 0.457 e. The molecule has 0 heterocycles. The molecule has 24 heavy (non-hydrogen) atoms. The van der Waals surface area contributed by atoms with Crippen molar-refractivity contribution >= 4 is 23.2 Å². The molecule has 3 nitrogen and oxygen atoms in total. The first-order chi connectivity index (χ1) is 11.6. The first-order valence-corrected chi connectivity index (χ1v) is 8.09. The molecule has 0 bridgehead atoms. The fraction of sp³-hybridized carbons (Fsp3) is 0.0526. The van der Waals surface area contributed by atoms with Crippen molar-refractivity contribution in [2.24, 2.45) is 5.73 Å². The Labute approximate surface area is 150 Å². The SMILES string of the molecule is NCc1ccc(Oc2ccc(Cl)cc2)cc1Oc1ccc(Cl)cc1. The Morgan fingerprint density at radius 2 is 1.17 bits per heavy atom. The van der Waals surface area contributed by atoms with Crippen molar-refractivity contribution < 1.29 is 9.47 Å². The minimum Gasteiger partial charge on any atom is -0.457 e. The highest BCUT2D eigenvalue weighted by molar-refractivity contribution is 6.30. The Hall–Kier alpha value is -2.20. The summed E-state index contributed by atoms with van der Waals surface area (Å²) < 4.78 is 11.7. The van der Waals surface area contributed by atoms with Gasteiger partial charge >= 0.3 is 0 Å². The second-order valence-electron chi connectivity index (χ2n) is 5.09. The number of halogens is 2. The third-order valence-corrected chi connectivity index (χ3v) is 3.85. The summed E-state index contributed by atoms with van der Waals surface area (Å²) in [6.07, 6.45) is 0. The van der Waals surface area contributed by atoms with E-state index in [2.05, 4.69) is 0 Å². The molecule has 5 heteroatoms. The predicted octanol–water partition coefficient (Wildman–Crippen LogP) is 6.04. The first-order valence-electron chi connectivity index (χ1n) is 7.34. The maximum absolute atomic E-state index is 5.91. The zero-order valence-corrected chi connectivity index (χ0v) is 14.2. The quantitative estimate of drug-likeness (QED) is 0.604. The molecule has 0 aliphatic carbocycles. The van der Waals surface area contributed by atoms with Crippen LogP contribution in [0.3, 0.4) is 0 Å². The lowest BCUT2D eigenvalue weighted by atomic mass is 10.2. The molecule has 0 atom stereocenters. The summed E-state index contributed by atoms with van der Waals surface area (Å²) >= 11 is 11.8. The van der Waals surface area contributed by atoms with Gasteiger partial charge in [-0.2, -0.15) is 0 Å². The summed E-state index contributed by atoms with van der Waals surface area (Å²) in [5.41, 5.74) is 6.67. The molecule has 0 saturated heterocycles. The van der Waals surface area contributed by atoms with Crippen molar-refractivity contribution in [1.29, 1.82) is 0 Å². The average molecular weight is 360 g/mol. The van der Waals surface area contributed by atoms with Crippen molar-refractivity contribution in [3.8, 4) is 23.0 Å². The second kappa shape index (κ2) is 7.58. The van der Waals surface area contributed by atoms with Gasteiger partial charge in [0.2, 0.25) is 0 Å². The van der Waals surface area contributed by atoms with Gasteiger partial charge in [0.15, 0.2) is 0 Å². The molecule has 0 aliphatic rings. The van der Waals surface area contributed by atoms with Crippen molar-refractivity contribution in [1.82, 2.24) is 0 Å². The van der Waals surface area contributed by atoms with Crippen LogP contribution >= 0.6 is 23.2 Å². The van der Waals surface area contributed by atoms with Gasteiger partial charge in [0.1, 0.15) is 23.0 Å². The number of hydrogen-bond acceptors (Lipinski definition) is 3. The molecule has 2 N–H and O–H groups in total. The Kier molecular flexibility index (Phi) is 5.26. The zero-order chi connectivity index (χ0) is 16.9. The molecule has 0 unspecified atom stereocenters. The molecule has 0 aliphatic heterocycles. The molecule has 0 saturated carbocycles. The van der Waals surface area contributed by atoms with E-state index in [1.165, 1.54) is 0 Å². The minimum atomic E-state index is 0.365. The molecule has 0 spiro atoms. The third kappa shape index (κ3) is 4.20. The van der Waals surface area contributed by atoms with Crippen LogP contribution in [0, 0.1) is 0 Å². The van der Waals surface area contributed by atoms with Gasteiger partial charge in [0.25, 0.3) is 0 Å². The van der Waals surface area contributed by atoms with E-state index in [4.69, 9.17) is 38.4 Å². The van der Waals surface area contributed by atoms with Crippen LogP contribution in [0.2, 0.25) is 10.0 Å². The number of benzene rings is 3. The smallest absolute Gasteiger partial charge is 0.135 e. The highest BCUT2D eigenvalue weighted by Gasteiger charge is 2.07. The van der Waals surface area contributed by atoms with E-state index in [9.17, 15) is 0 Å². The summed E-state index contributed by atoms with van der Waals surface area (Å²) in [5.74, 6) is 2.67. The van der Waals surface area contributed by atoms with Gasteiger partial charge in [-0.15, -0.1) is 0 Å². The summed E-state index contributed by atoms with van der Waals surface area (Å²) in [7, 11) is 0. The van der Waals surface area contributed by atoms with Gasteiger partial charge in [-0.25, -0.2) is 0 Å². The Morgan fingerprint density at radius 3 is 1.71 bits per heavy atom. The Balaban J connectivity index is 1.84. The standard InChI is InChI=1S/C19H15Cl2NO2/c20-14-2-7-16(8-3-14)23-18-6-1-13(12-22)19(11-18)24-17-9-4-15(21)5-10-17/h1-11H,12,22H2. The molecule has 0 aromatic heterocycles. The van der Waals surface area contributed by atoms with Crippen molar-refractivity contribution in [3.05, 3.63) is 82.3 Å². The summed E-state index contributed by atoms with van der Waals surface area (Å²) in [5, 5.41) is 1.31. The van der Waals surface area contributed by atoms with Crippen LogP contribution in [-0.4, -0.2) is 0 Å². The number of rotatable bonds is 5. The molecular weight excluding hydrogens is 345 g/mol. The third-order valence-electron chi connectivity index (χ3n) is 3.35. The fourth-order valence-corrected chi connectivity index (χ4v) is 2.38. The van der Waals surface area contributed by atoms with Crippen molar-refractivity contribution in [2.45, 2.75) is 6.54 Å². The summed E-state index contributed by atoms with van der Waals surface area (Å²) in [6.45, 7) is 0.365. The second-order valence-corrected chi connectivity index (χ2v) is 5.96. The monoisotopic (exact) mass is 359 g/mol. The van der Waals surface area contributed by atoms with Crippen LogP contribution in [-0.2, 0) is 6.54 Å². The number of ether oxygens (including phenoxy) is 2. The molecule has 3 aromatic carbocycles.